The number of hydrogen-bond donors (Lipinski definition) is 2. The lowest BCUT2D eigenvalue weighted by Crippen LogP contribution is -2.33. The zero-order chi connectivity index (χ0) is 13.0. The Balaban J connectivity index is 1.93. The van der Waals surface area contributed by atoms with Crippen molar-refractivity contribution < 1.29 is 9.84 Å². The summed E-state index contributed by atoms with van der Waals surface area (Å²) in [6, 6.07) is 9.67. The number of nitrogens with two attached hydrogens (primary N) is 1. The first-order valence-electron chi connectivity index (χ1n) is 6.73. The number of ether oxygens (including phenoxy) is 1. The van der Waals surface area contributed by atoms with Gasteiger partial charge >= 0.3 is 0 Å². The van der Waals surface area contributed by atoms with Crippen molar-refractivity contribution in [3.63, 3.8) is 0 Å². The van der Waals surface area contributed by atoms with Crippen LogP contribution in [0, 0.1) is 5.92 Å². The first-order valence-corrected chi connectivity index (χ1v) is 6.73. The van der Waals surface area contributed by atoms with Crippen molar-refractivity contribution in [2.24, 2.45) is 11.7 Å². The van der Waals surface area contributed by atoms with E-state index in [2.05, 4.69) is 0 Å². The van der Waals surface area contributed by atoms with Crippen LogP contribution in [-0.4, -0.2) is 24.4 Å². The van der Waals surface area contributed by atoms with Gasteiger partial charge in [-0.2, -0.15) is 0 Å². The predicted molar refractivity (Wildman–Crippen MR) is 72.1 cm³/mol. The fourth-order valence-electron chi connectivity index (χ4n) is 2.64. The summed E-state index contributed by atoms with van der Waals surface area (Å²) in [4.78, 5) is 0. The van der Waals surface area contributed by atoms with Gasteiger partial charge in [0.2, 0.25) is 0 Å². The number of benzene rings is 1. The molecule has 1 aromatic carbocycles. The average Bonchev–Trinajstić information content (AvgIpc) is 2.85. The number of aliphatic hydroxyl groups is 1. The Hall–Kier alpha value is -0.900. The van der Waals surface area contributed by atoms with Gasteiger partial charge in [-0.15, -0.1) is 0 Å². The topological polar surface area (TPSA) is 55.5 Å². The van der Waals surface area contributed by atoms with Gasteiger partial charge in [-0.1, -0.05) is 36.8 Å². The highest BCUT2D eigenvalue weighted by Crippen LogP contribution is 2.29. The van der Waals surface area contributed by atoms with E-state index >= 15 is 0 Å². The summed E-state index contributed by atoms with van der Waals surface area (Å²) >= 11 is 0. The van der Waals surface area contributed by atoms with Crippen molar-refractivity contribution in [2.75, 3.05) is 13.2 Å². The fourth-order valence-corrected chi connectivity index (χ4v) is 2.64. The summed E-state index contributed by atoms with van der Waals surface area (Å²) in [5.74, 6) is 0.455. The maximum atomic E-state index is 10.4. The van der Waals surface area contributed by atoms with Crippen LogP contribution < -0.4 is 5.73 Å². The van der Waals surface area contributed by atoms with Crippen molar-refractivity contribution in [2.45, 2.75) is 37.9 Å². The van der Waals surface area contributed by atoms with Crippen LogP contribution >= 0.6 is 0 Å². The van der Waals surface area contributed by atoms with Gasteiger partial charge in [0.25, 0.3) is 0 Å². The maximum absolute atomic E-state index is 10.4. The minimum absolute atomic E-state index is 0.213. The van der Waals surface area contributed by atoms with Crippen molar-refractivity contribution >= 4 is 0 Å². The molecule has 1 fully saturated rings. The molecule has 3 N–H and O–H groups in total. The first-order chi connectivity index (χ1) is 8.63. The summed E-state index contributed by atoms with van der Waals surface area (Å²) in [6.45, 7) is 2.81. The zero-order valence-corrected chi connectivity index (χ0v) is 11.0. The van der Waals surface area contributed by atoms with E-state index in [1.54, 1.807) is 6.92 Å². The van der Waals surface area contributed by atoms with Crippen molar-refractivity contribution in [1.82, 2.24) is 0 Å². The summed E-state index contributed by atoms with van der Waals surface area (Å²) in [7, 11) is 0. The summed E-state index contributed by atoms with van der Waals surface area (Å²) in [5.41, 5.74) is 5.70. The van der Waals surface area contributed by atoms with Crippen molar-refractivity contribution in [3.8, 4) is 0 Å². The monoisotopic (exact) mass is 249 g/mol. The molecule has 1 aromatic rings. The van der Waals surface area contributed by atoms with Crippen LogP contribution in [-0.2, 0) is 10.3 Å². The smallest absolute Gasteiger partial charge is 0.110 e. The first kappa shape index (κ1) is 13.5. The van der Waals surface area contributed by atoms with E-state index in [-0.39, 0.29) is 6.10 Å². The van der Waals surface area contributed by atoms with Gasteiger partial charge < -0.3 is 15.6 Å². The van der Waals surface area contributed by atoms with E-state index in [4.69, 9.17) is 10.5 Å². The molecule has 3 nitrogen and oxygen atoms in total. The third-order valence-corrected chi connectivity index (χ3v) is 3.87. The van der Waals surface area contributed by atoms with Gasteiger partial charge in [0.15, 0.2) is 0 Å². The van der Waals surface area contributed by atoms with Crippen molar-refractivity contribution in [3.05, 3.63) is 35.9 Å². The summed E-state index contributed by atoms with van der Waals surface area (Å²) in [6.07, 6.45) is 3.60. The second-order valence-corrected chi connectivity index (χ2v) is 5.42. The van der Waals surface area contributed by atoms with E-state index in [0.29, 0.717) is 19.1 Å². The molecule has 0 saturated heterocycles. The Labute approximate surface area is 109 Å². The van der Waals surface area contributed by atoms with Crippen LogP contribution in [0.1, 0.15) is 31.7 Å². The van der Waals surface area contributed by atoms with Gasteiger partial charge in [0, 0.05) is 0 Å². The van der Waals surface area contributed by atoms with Crippen LogP contribution in [0.2, 0.25) is 0 Å². The Kier molecular flexibility index (Phi) is 4.38. The minimum Gasteiger partial charge on any atom is -0.383 e. The lowest BCUT2D eigenvalue weighted by Gasteiger charge is -2.27. The molecule has 0 heterocycles. The van der Waals surface area contributed by atoms with E-state index in [1.165, 1.54) is 6.42 Å². The normalized spacial score (nSPS) is 27.1. The quantitative estimate of drug-likeness (QED) is 0.839. The molecule has 0 spiro atoms. The van der Waals surface area contributed by atoms with Crippen LogP contribution in [0.4, 0.5) is 0 Å². The maximum Gasteiger partial charge on any atom is 0.110 e. The largest absolute Gasteiger partial charge is 0.383 e. The average molecular weight is 249 g/mol. The van der Waals surface area contributed by atoms with E-state index in [9.17, 15) is 5.11 Å². The number of hydrogen-bond acceptors (Lipinski definition) is 3. The molecule has 3 unspecified atom stereocenters. The Morgan fingerprint density at radius 3 is 2.72 bits per heavy atom. The Morgan fingerprint density at radius 1 is 1.33 bits per heavy atom. The van der Waals surface area contributed by atoms with Crippen LogP contribution in [0.25, 0.3) is 0 Å². The molecule has 0 bridgehead atoms. The van der Waals surface area contributed by atoms with Gasteiger partial charge in [0.1, 0.15) is 5.60 Å². The van der Waals surface area contributed by atoms with Crippen LogP contribution in [0.5, 0.6) is 0 Å². The van der Waals surface area contributed by atoms with E-state index < -0.39 is 5.60 Å². The fraction of sp³-hybridized carbons (Fsp3) is 0.600. The zero-order valence-electron chi connectivity index (χ0n) is 11.0. The lowest BCUT2D eigenvalue weighted by molar-refractivity contribution is -0.0754. The highest BCUT2D eigenvalue weighted by Gasteiger charge is 2.30. The molecule has 1 aliphatic rings. The molecule has 0 amide bonds. The molecule has 18 heavy (non-hydrogen) atoms. The number of rotatable bonds is 5. The van der Waals surface area contributed by atoms with Gasteiger partial charge in [-0.3, -0.25) is 0 Å². The third-order valence-electron chi connectivity index (χ3n) is 3.87. The Bertz CT molecular complexity index is 364. The third kappa shape index (κ3) is 3.10. The minimum atomic E-state index is -0.928. The molecule has 0 radical (unpaired) electrons. The van der Waals surface area contributed by atoms with Gasteiger partial charge in [-0.05, 0) is 37.8 Å². The molecule has 1 saturated carbocycles. The molecular formula is C15H23NO2. The predicted octanol–water partition coefficient (Wildman–Crippen LogP) is 2.04. The molecular weight excluding hydrogens is 226 g/mol. The molecule has 1 aliphatic carbocycles. The molecule has 0 aliphatic heterocycles. The van der Waals surface area contributed by atoms with Crippen LogP contribution in [0.3, 0.4) is 0 Å². The van der Waals surface area contributed by atoms with Crippen LogP contribution in [0.15, 0.2) is 30.3 Å². The molecule has 2 rings (SSSR count). The summed E-state index contributed by atoms with van der Waals surface area (Å²) in [5, 5.41) is 10.4. The van der Waals surface area contributed by atoms with Gasteiger partial charge in [-0.25, -0.2) is 0 Å². The standard InChI is InChI=1S/C15H23NO2/c1-15(17,13-7-3-2-4-8-13)11-18-14-9-5-6-12(14)10-16/h2-4,7-8,12,14,17H,5-6,9-11,16H2,1H3. The van der Waals surface area contributed by atoms with E-state index in [1.807, 2.05) is 30.3 Å². The second-order valence-electron chi connectivity index (χ2n) is 5.42. The second kappa shape index (κ2) is 5.83. The Morgan fingerprint density at radius 2 is 2.06 bits per heavy atom. The van der Waals surface area contributed by atoms with Crippen molar-refractivity contribution in [1.29, 1.82) is 0 Å². The molecule has 3 atom stereocenters. The SMILES string of the molecule is CC(O)(COC1CCCC1CN)c1ccccc1. The molecule has 0 aromatic heterocycles. The molecule has 3 heteroatoms. The highest BCUT2D eigenvalue weighted by molar-refractivity contribution is 5.21. The van der Waals surface area contributed by atoms with Gasteiger partial charge in [0.05, 0.1) is 12.7 Å². The molecule has 100 valence electrons. The van der Waals surface area contributed by atoms with E-state index in [0.717, 1.165) is 18.4 Å². The summed E-state index contributed by atoms with van der Waals surface area (Å²) < 4.78 is 5.90. The highest BCUT2D eigenvalue weighted by atomic mass is 16.5. The lowest BCUT2D eigenvalue weighted by atomic mass is 9.97.